The van der Waals surface area contributed by atoms with Gasteiger partial charge >= 0.3 is 0 Å². The molecule has 0 saturated carbocycles. The van der Waals surface area contributed by atoms with Crippen molar-refractivity contribution in [2.24, 2.45) is 0 Å². The zero-order valence-corrected chi connectivity index (χ0v) is 16.9. The summed E-state index contributed by atoms with van der Waals surface area (Å²) in [6.07, 6.45) is 1.58. The average Bonchev–Trinajstić information content (AvgIpc) is 3.06. The Bertz CT molecular complexity index is 959. The van der Waals surface area contributed by atoms with Crippen molar-refractivity contribution in [2.45, 2.75) is 37.7 Å². The first kappa shape index (κ1) is 19.4. The Balaban J connectivity index is 1.78. The van der Waals surface area contributed by atoms with Gasteiger partial charge in [-0.25, -0.2) is 4.98 Å². The van der Waals surface area contributed by atoms with Crippen molar-refractivity contribution in [2.75, 3.05) is 5.32 Å². The fourth-order valence-electron chi connectivity index (χ4n) is 2.61. The van der Waals surface area contributed by atoms with Gasteiger partial charge in [-0.3, -0.25) is 4.79 Å². The number of aryl methyl sites for hydroxylation is 1. The van der Waals surface area contributed by atoms with Gasteiger partial charge in [-0.1, -0.05) is 47.6 Å². The molecule has 0 radical (unpaired) electrons. The van der Waals surface area contributed by atoms with E-state index in [4.69, 9.17) is 11.6 Å². The summed E-state index contributed by atoms with van der Waals surface area (Å²) in [5.41, 5.74) is 2.67. The van der Waals surface area contributed by atoms with Crippen LogP contribution in [-0.2, 0) is 11.3 Å². The third-order valence-corrected chi connectivity index (χ3v) is 5.47. The first-order chi connectivity index (χ1) is 13.0. The molecule has 8 heteroatoms. The van der Waals surface area contributed by atoms with Crippen molar-refractivity contribution < 1.29 is 4.79 Å². The van der Waals surface area contributed by atoms with Crippen molar-refractivity contribution >= 4 is 35.0 Å². The topological polar surface area (TPSA) is 72.7 Å². The maximum absolute atomic E-state index is 12.5. The van der Waals surface area contributed by atoms with Crippen molar-refractivity contribution in [3.8, 4) is 11.4 Å². The Kier molecular flexibility index (Phi) is 6.13. The second-order valence-electron chi connectivity index (χ2n) is 5.96. The van der Waals surface area contributed by atoms with Crippen molar-refractivity contribution in [3.63, 3.8) is 0 Å². The molecule has 6 nitrogen and oxygen atoms in total. The van der Waals surface area contributed by atoms with Gasteiger partial charge in [0.15, 0.2) is 16.1 Å². The SMILES string of the molecule is CCn1c(S[C@H](C)C(=O)Nc2cccnc2Cl)nnc1-c1ccccc1C. The molecule has 0 aliphatic rings. The van der Waals surface area contributed by atoms with Crippen molar-refractivity contribution in [1.29, 1.82) is 0 Å². The maximum Gasteiger partial charge on any atom is 0.237 e. The van der Waals surface area contributed by atoms with Crippen LogP contribution < -0.4 is 5.32 Å². The minimum Gasteiger partial charge on any atom is -0.322 e. The van der Waals surface area contributed by atoms with E-state index in [2.05, 4.69) is 20.5 Å². The number of hydrogen-bond donors (Lipinski definition) is 1. The number of halogens is 1. The molecular formula is C19H20ClN5OS. The zero-order valence-electron chi connectivity index (χ0n) is 15.3. The Hall–Kier alpha value is -2.38. The molecule has 0 aliphatic carbocycles. The van der Waals surface area contributed by atoms with E-state index < -0.39 is 0 Å². The highest BCUT2D eigenvalue weighted by Gasteiger charge is 2.21. The van der Waals surface area contributed by atoms with Gasteiger partial charge < -0.3 is 9.88 Å². The van der Waals surface area contributed by atoms with Gasteiger partial charge in [-0.05, 0) is 38.5 Å². The van der Waals surface area contributed by atoms with Crippen LogP contribution in [0.5, 0.6) is 0 Å². The molecule has 2 heterocycles. The molecule has 3 aromatic rings. The fraction of sp³-hybridized carbons (Fsp3) is 0.263. The average molecular weight is 402 g/mol. The molecule has 0 saturated heterocycles. The van der Waals surface area contributed by atoms with E-state index in [1.165, 1.54) is 11.8 Å². The number of aromatic nitrogens is 4. The van der Waals surface area contributed by atoms with Gasteiger partial charge in [-0.15, -0.1) is 10.2 Å². The van der Waals surface area contributed by atoms with E-state index in [1.807, 2.05) is 49.6 Å². The molecule has 0 fully saturated rings. The number of nitrogens with one attached hydrogen (secondary N) is 1. The second-order valence-corrected chi connectivity index (χ2v) is 7.62. The van der Waals surface area contributed by atoms with Crippen LogP contribution in [0.4, 0.5) is 5.69 Å². The van der Waals surface area contributed by atoms with Crippen LogP contribution in [0.2, 0.25) is 5.15 Å². The Labute approximate surface area is 167 Å². The first-order valence-electron chi connectivity index (χ1n) is 8.58. The predicted octanol–water partition coefficient (Wildman–Crippen LogP) is 4.44. The summed E-state index contributed by atoms with van der Waals surface area (Å²) in [7, 11) is 0. The lowest BCUT2D eigenvalue weighted by Gasteiger charge is -2.13. The van der Waals surface area contributed by atoms with Gasteiger partial charge in [0.05, 0.1) is 10.9 Å². The summed E-state index contributed by atoms with van der Waals surface area (Å²) in [5, 5.41) is 12.1. The minimum absolute atomic E-state index is 0.169. The second kappa shape index (κ2) is 8.54. The molecule has 3 rings (SSSR count). The van der Waals surface area contributed by atoms with E-state index in [9.17, 15) is 4.79 Å². The Morgan fingerprint density at radius 3 is 2.74 bits per heavy atom. The molecule has 27 heavy (non-hydrogen) atoms. The summed E-state index contributed by atoms with van der Waals surface area (Å²) in [6, 6.07) is 11.5. The molecule has 2 aromatic heterocycles. The number of benzene rings is 1. The fourth-order valence-corrected chi connectivity index (χ4v) is 3.69. The van der Waals surface area contributed by atoms with E-state index >= 15 is 0 Å². The molecule has 0 aliphatic heterocycles. The normalized spacial score (nSPS) is 12.0. The van der Waals surface area contributed by atoms with Crippen molar-refractivity contribution in [3.05, 3.63) is 53.3 Å². The molecule has 140 valence electrons. The third kappa shape index (κ3) is 4.31. The summed E-state index contributed by atoms with van der Waals surface area (Å²) in [5.74, 6) is 0.638. The molecule has 1 aromatic carbocycles. The lowest BCUT2D eigenvalue weighted by Crippen LogP contribution is -2.23. The summed E-state index contributed by atoms with van der Waals surface area (Å²) < 4.78 is 2.02. The largest absolute Gasteiger partial charge is 0.322 e. The van der Waals surface area contributed by atoms with Crippen LogP contribution in [0.1, 0.15) is 19.4 Å². The zero-order chi connectivity index (χ0) is 19.4. The van der Waals surface area contributed by atoms with Gasteiger partial charge in [0, 0.05) is 18.3 Å². The molecule has 0 spiro atoms. The number of rotatable bonds is 6. The molecule has 1 atom stereocenters. The smallest absolute Gasteiger partial charge is 0.237 e. The first-order valence-corrected chi connectivity index (χ1v) is 9.84. The standard InChI is InChI=1S/C19H20ClN5OS/c1-4-25-17(14-9-6-5-8-12(14)2)23-24-19(25)27-13(3)18(26)22-15-10-7-11-21-16(15)20/h5-11,13H,4H2,1-3H3,(H,22,26)/t13-/m1/s1. The number of nitrogens with zero attached hydrogens (tertiary/aromatic N) is 4. The van der Waals surface area contributed by atoms with Gasteiger partial charge in [0.2, 0.25) is 5.91 Å². The lowest BCUT2D eigenvalue weighted by atomic mass is 10.1. The molecule has 0 bridgehead atoms. The Morgan fingerprint density at radius 1 is 1.26 bits per heavy atom. The number of carbonyl (C=O) groups is 1. The monoisotopic (exact) mass is 401 g/mol. The molecule has 1 N–H and O–H groups in total. The van der Waals surface area contributed by atoms with Gasteiger partial charge in [-0.2, -0.15) is 0 Å². The highest BCUT2D eigenvalue weighted by atomic mass is 35.5. The summed E-state index contributed by atoms with van der Waals surface area (Å²) >= 11 is 7.37. The highest BCUT2D eigenvalue weighted by molar-refractivity contribution is 8.00. The number of anilines is 1. The number of carbonyl (C=O) groups excluding carboxylic acids is 1. The quantitative estimate of drug-likeness (QED) is 0.488. The lowest BCUT2D eigenvalue weighted by molar-refractivity contribution is -0.115. The van der Waals surface area contributed by atoms with Crippen LogP contribution in [0.3, 0.4) is 0 Å². The van der Waals surface area contributed by atoms with Crippen LogP contribution in [0, 0.1) is 6.92 Å². The van der Waals surface area contributed by atoms with Gasteiger partial charge in [0.25, 0.3) is 0 Å². The Morgan fingerprint density at radius 2 is 2.04 bits per heavy atom. The molecule has 1 amide bonds. The molecular weight excluding hydrogens is 382 g/mol. The van der Waals surface area contributed by atoms with E-state index in [1.54, 1.807) is 18.3 Å². The van der Waals surface area contributed by atoms with E-state index in [0.717, 1.165) is 17.0 Å². The van der Waals surface area contributed by atoms with E-state index in [0.29, 0.717) is 17.4 Å². The minimum atomic E-state index is -0.375. The predicted molar refractivity (Wildman–Crippen MR) is 109 cm³/mol. The number of thioether (sulfide) groups is 1. The number of pyridine rings is 1. The maximum atomic E-state index is 12.5. The van der Waals surface area contributed by atoms with Crippen LogP contribution in [-0.4, -0.2) is 30.9 Å². The van der Waals surface area contributed by atoms with Crippen molar-refractivity contribution in [1.82, 2.24) is 19.7 Å². The summed E-state index contributed by atoms with van der Waals surface area (Å²) in [4.78, 5) is 16.5. The molecule has 0 unspecified atom stereocenters. The van der Waals surface area contributed by atoms with Crippen LogP contribution in [0.25, 0.3) is 11.4 Å². The summed E-state index contributed by atoms with van der Waals surface area (Å²) in [6.45, 7) is 6.62. The number of hydrogen-bond acceptors (Lipinski definition) is 5. The third-order valence-electron chi connectivity index (χ3n) is 4.09. The van der Waals surface area contributed by atoms with E-state index in [-0.39, 0.29) is 16.3 Å². The van der Waals surface area contributed by atoms with Gasteiger partial charge in [0.1, 0.15) is 0 Å². The van der Waals surface area contributed by atoms with Crippen LogP contribution in [0.15, 0.2) is 47.8 Å². The number of amides is 1. The highest BCUT2D eigenvalue weighted by Crippen LogP contribution is 2.29. The van der Waals surface area contributed by atoms with Crippen LogP contribution >= 0.6 is 23.4 Å².